The first-order valence-electron chi connectivity index (χ1n) is 6.50. The van der Waals surface area contributed by atoms with Gasteiger partial charge in [0.05, 0.1) is 32.7 Å². The lowest BCUT2D eigenvalue weighted by Gasteiger charge is -2.12. The van der Waals surface area contributed by atoms with Crippen molar-refractivity contribution in [2.75, 3.05) is 21.3 Å². The van der Waals surface area contributed by atoms with Crippen LogP contribution in [0.4, 0.5) is 0 Å². The number of nitrogens with zero attached hydrogens (tertiary/aromatic N) is 2. The summed E-state index contributed by atoms with van der Waals surface area (Å²) in [6.07, 6.45) is 3.73. The van der Waals surface area contributed by atoms with Gasteiger partial charge in [0.15, 0.2) is 11.5 Å². The number of hydrogen-bond acceptors (Lipinski definition) is 6. The average molecular weight is 319 g/mol. The SMILES string of the molecule is COc1cc(/C=C/c2nc(=S)[nH]nc2C)cc(OC)c1OC. The lowest BCUT2D eigenvalue weighted by Crippen LogP contribution is -1.96. The molecule has 1 aromatic heterocycles. The van der Waals surface area contributed by atoms with Gasteiger partial charge in [-0.15, -0.1) is 0 Å². The highest BCUT2D eigenvalue weighted by molar-refractivity contribution is 7.71. The molecule has 1 aromatic carbocycles. The zero-order valence-electron chi connectivity index (χ0n) is 12.8. The minimum atomic E-state index is 0.343. The Morgan fingerprint density at radius 2 is 1.68 bits per heavy atom. The number of aryl methyl sites for hydroxylation is 1. The average Bonchev–Trinajstić information content (AvgIpc) is 2.54. The van der Waals surface area contributed by atoms with E-state index in [0.29, 0.717) is 27.7 Å². The summed E-state index contributed by atoms with van der Waals surface area (Å²) < 4.78 is 16.3. The van der Waals surface area contributed by atoms with Crippen molar-refractivity contribution in [3.8, 4) is 17.2 Å². The van der Waals surface area contributed by atoms with Gasteiger partial charge in [0.1, 0.15) is 0 Å². The monoisotopic (exact) mass is 319 g/mol. The van der Waals surface area contributed by atoms with Crippen molar-refractivity contribution in [1.82, 2.24) is 15.2 Å². The van der Waals surface area contributed by atoms with Crippen molar-refractivity contribution >= 4 is 24.4 Å². The van der Waals surface area contributed by atoms with E-state index in [9.17, 15) is 0 Å². The van der Waals surface area contributed by atoms with Crippen molar-refractivity contribution in [3.63, 3.8) is 0 Å². The molecule has 0 bridgehead atoms. The van der Waals surface area contributed by atoms with E-state index >= 15 is 0 Å². The molecule has 1 N–H and O–H groups in total. The van der Waals surface area contributed by atoms with Gasteiger partial charge in [-0.05, 0) is 42.9 Å². The maximum atomic E-state index is 5.33. The topological polar surface area (TPSA) is 69.3 Å². The number of aromatic nitrogens is 3. The molecule has 0 amide bonds. The Kier molecular flexibility index (Phi) is 5.11. The van der Waals surface area contributed by atoms with Gasteiger partial charge in [-0.25, -0.2) is 4.98 Å². The quantitative estimate of drug-likeness (QED) is 0.854. The highest BCUT2D eigenvalue weighted by Crippen LogP contribution is 2.38. The number of aromatic amines is 1. The summed E-state index contributed by atoms with van der Waals surface area (Å²) in [6, 6.07) is 3.70. The van der Waals surface area contributed by atoms with E-state index in [0.717, 1.165) is 11.3 Å². The van der Waals surface area contributed by atoms with E-state index in [1.807, 2.05) is 31.2 Å². The number of ether oxygens (including phenoxy) is 3. The molecule has 0 spiro atoms. The maximum absolute atomic E-state index is 5.33. The molecule has 6 nitrogen and oxygen atoms in total. The number of hydrogen-bond donors (Lipinski definition) is 1. The fourth-order valence-electron chi connectivity index (χ4n) is 1.93. The Bertz CT molecular complexity index is 731. The number of nitrogens with one attached hydrogen (secondary N) is 1. The molecule has 0 aliphatic carbocycles. The van der Waals surface area contributed by atoms with E-state index in [1.54, 1.807) is 21.3 Å². The third kappa shape index (κ3) is 3.43. The zero-order chi connectivity index (χ0) is 16.1. The fraction of sp³-hybridized carbons (Fsp3) is 0.267. The summed E-state index contributed by atoms with van der Waals surface area (Å²) in [4.78, 5) is 4.23. The lowest BCUT2D eigenvalue weighted by molar-refractivity contribution is 0.324. The molecule has 116 valence electrons. The molecule has 7 heteroatoms. The van der Waals surface area contributed by atoms with Crippen LogP contribution in [0.15, 0.2) is 12.1 Å². The predicted molar refractivity (Wildman–Crippen MR) is 87.0 cm³/mol. The van der Waals surface area contributed by atoms with Crippen LogP contribution in [0, 0.1) is 11.7 Å². The van der Waals surface area contributed by atoms with Gasteiger partial charge in [0, 0.05) is 0 Å². The first-order chi connectivity index (χ1) is 10.6. The number of benzene rings is 1. The van der Waals surface area contributed by atoms with Crippen LogP contribution in [-0.2, 0) is 0 Å². The largest absolute Gasteiger partial charge is 0.493 e. The van der Waals surface area contributed by atoms with Crippen molar-refractivity contribution < 1.29 is 14.2 Å². The number of rotatable bonds is 5. The summed E-state index contributed by atoms with van der Waals surface area (Å²) in [7, 11) is 4.73. The highest BCUT2D eigenvalue weighted by atomic mass is 32.1. The number of methoxy groups -OCH3 is 3. The van der Waals surface area contributed by atoms with Crippen LogP contribution in [-0.4, -0.2) is 36.5 Å². The normalized spacial score (nSPS) is 10.7. The van der Waals surface area contributed by atoms with Crippen LogP contribution >= 0.6 is 12.2 Å². The second kappa shape index (κ2) is 7.04. The van der Waals surface area contributed by atoms with Crippen molar-refractivity contribution in [2.24, 2.45) is 0 Å². The van der Waals surface area contributed by atoms with Crippen molar-refractivity contribution in [3.05, 3.63) is 33.9 Å². The first kappa shape index (κ1) is 16.0. The van der Waals surface area contributed by atoms with E-state index in [-0.39, 0.29) is 0 Å². The van der Waals surface area contributed by atoms with Crippen LogP contribution in [0.5, 0.6) is 17.2 Å². The summed E-state index contributed by atoms with van der Waals surface area (Å²) >= 11 is 4.98. The molecule has 0 saturated heterocycles. The summed E-state index contributed by atoms with van der Waals surface area (Å²) in [5, 5.41) is 6.73. The van der Waals surface area contributed by atoms with E-state index in [1.165, 1.54) is 0 Å². The van der Waals surface area contributed by atoms with Gasteiger partial charge in [-0.3, -0.25) is 5.10 Å². The molecule has 0 atom stereocenters. The molecule has 1 heterocycles. The molecular formula is C15H17N3O3S. The first-order valence-corrected chi connectivity index (χ1v) is 6.91. The third-order valence-corrected chi connectivity index (χ3v) is 3.22. The third-order valence-electron chi connectivity index (χ3n) is 3.03. The predicted octanol–water partition coefficient (Wildman–Crippen LogP) is 3.04. The smallest absolute Gasteiger partial charge is 0.214 e. The zero-order valence-corrected chi connectivity index (χ0v) is 13.7. The molecule has 2 aromatic rings. The van der Waals surface area contributed by atoms with Crippen LogP contribution < -0.4 is 14.2 Å². The highest BCUT2D eigenvalue weighted by Gasteiger charge is 2.12. The Morgan fingerprint density at radius 3 is 2.23 bits per heavy atom. The summed E-state index contributed by atoms with van der Waals surface area (Å²) in [5.74, 6) is 1.74. The second-order valence-corrected chi connectivity index (χ2v) is 4.79. The van der Waals surface area contributed by atoms with Gasteiger partial charge in [0.2, 0.25) is 10.5 Å². The van der Waals surface area contributed by atoms with Gasteiger partial charge < -0.3 is 14.2 Å². The molecule has 0 aliphatic rings. The molecule has 0 aliphatic heterocycles. The fourth-order valence-corrected chi connectivity index (χ4v) is 2.08. The molecular weight excluding hydrogens is 302 g/mol. The van der Waals surface area contributed by atoms with E-state index < -0.39 is 0 Å². The Labute approximate surface area is 133 Å². The molecule has 22 heavy (non-hydrogen) atoms. The van der Waals surface area contributed by atoms with Gasteiger partial charge in [-0.1, -0.05) is 6.08 Å². The standard InChI is InChI=1S/C15H17N3O3S/c1-9-11(16-15(22)18-17-9)6-5-10-7-12(19-2)14(21-4)13(8-10)20-3/h5-8H,1-4H3,(H,16,18,22)/b6-5+. The molecule has 2 rings (SSSR count). The Hall–Kier alpha value is -2.41. The van der Waals surface area contributed by atoms with E-state index in [4.69, 9.17) is 26.4 Å². The minimum absolute atomic E-state index is 0.343. The molecule has 0 fully saturated rings. The van der Waals surface area contributed by atoms with Crippen molar-refractivity contribution in [1.29, 1.82) is 0 Å². The Balaban J connectivity index is 2.43. The van der Waals surface area contributed by atoms with Crippen LogP contribution in [0.3, 0.4) is 0 Å². The maximum Gasteiger partial charge on any atom is 0.214 e. The van der Waals surface area contributed by atoms with Crippen LogP contribution in [0.2, 0.25) is 0 Å². The summed E-state index contributed by atoms with van der Waals surface area (Å²) in [5.41, 5.74) is 2.35. The Morgan fingerprint density at radius 1 is 1.05 bits per heavy atom. The van der Waals surface area contributed by atoms with Crippen LogP contribution in [0.25, 0.3) is 12.2 Å². The number of H-pyrrole nitrogens is 1. The van der Waals surface area contributed by atoms with Gasteiger partial charge in [0.25, 0.3) is 0 Å². The molecule has 0 radical (unpaired) electrons. The molecule has 0 saturated carbocycles. The molecule has 0 unspecified atom stereocenters. The van der Waals surface area contributed by atoms with Crippen LogP contribution in [0.1, 0.15) is 17.0 Å². The second-order valence-electron chi connectivity index (χ2n) is 4.40. The lowest BCUT2D eigenvalue weighted by atomic mass is 10.1. The van der Waals surface area contributed by atoms with Crippen molar-refractivity contribution in [2.45, 2.75) is 6.92 Å². The summed E-state index contributed by atoms with van der Waals surface area (Å²) in [6.45, 7) is 1.85. The van der Waals surface area contributed by atoms with E-state index in [2.05, 4.69) is 15.2 Å². The minimum Gasteiger partial charge on any atom is -0.493 e. The van der Waals surface area contributed by atoms with Gasteiger partial charge in [-0.2, -0.15) is 5.10 Å². The van der Waals surface area contributed by atoms with Gasteiger partial charge >= 0.3 is 0 Å².